The first kappa shape index (κ1) is 20.9. The molecule has 0 unspecified atom stereocenters. The summed E-state index contributed by atoms with van der Waals surface area (Å²) in [6, 6.07) is 14.0. The number of aromatic nitrogens is 2. The van der Waals surface area contributed by atoms with Gasteiger partial charge >= 0.3 is 5.89 Å². The Balaban J connectivity index is 1.71. The van der Waals surface area contributed by atoms with Crippen molar-refractivity contribution in [1.29, 1.82) is 0 Å². The zero-order valence-corrected chi connectivity index (χ0v) is 20.0. The second kappa shape index (κ2) is 8.18. The highest BCUT2D eigenvalue weighted by molar-refractivity contribution is 8.08. The molecule has 0 saturated carbocycles. The zero-order chi connectivity index (χ0) is 22.4. The van der Waals surface area contributed by atoms with Crippen molar-refractivity contribution in [2.75, 3.05) is 19.1 Å². The van der Waals surface area contributed by atoms with Gasteiger partial charge in [-0.15, -0.1) is 11.3 Å². The Morgan fingerprint density at radius 3 is 2.75 bits per heavy atom. The molecule has 32 heavy (non-hydrogen) atoms. The van der Waals surface area contributed by atoms with Crippen LogP contribution in [0.2, 0.25) is 0 Å². The lowest BCUT2D eigenvalue weighted by Crippen LogP contribution is -2.36. The normalized spacial score (nSPS) is 15.6. The molecule has 8 heteroatoms. The van der Waals surface area contributed by atoms with Crippen LogP contribution in [-0.4, -0.2) is 18.7 Å². The Morgan fingerprint density at radius 2 is 2.00 bits per heavy atom. The standard InChI is InChI=1S/C24H24N3O3S2/c1-5-26-16-9-7-8-10-18(16)30-20(26)14-21-27(6-2)23(28)22(32-21)24-25(3)17-13-15(29-4)11-12-19(17)31-24/h7-14H,5-6H2,1-4H3/q+1/b24-22-. The minimum atomic E-state index is 0.0250. The first-order valence-corrected chi connectivity index (χ1v) is 12.2. The smallest absolute Gasteiger partial charge is 0.377 e. The van der Waals surface area contributed by atoms with Crippen LogP contribution in [0, 0.1) is 0 Å². The molecule has 3 heterocycles. The molecule has 0 bridgehead atoms. The highest BCUT2D eigenvalue weighted by Gasteiger charge is 2.26. The summed E-state index contributed by atoms with van der Waals surface area (Å²) in [5.74, 6) is 1.55. The molecule has 0 saturated heterocycles. The molecular weight excluding hydrogens is 442 g/mol. The van der Waals surface area contributed by atoms with E-state index >= 15 is 0 Å². The van der Waals surface area contributed by atoms with Gasteiger partial charge < -0.3 is 14.1 Å². The van der Waals surface area contributed by atoms with Gasteiger partial charge in [-0.05, 0) is 32.0 Å². The molecule has 6 nitrogen and oxygen atoms in total. The van der Waals surface area contributed by atoms with Crippen LogP contribution in [0.15, 0.2) is 56.6 Å². The number of benzene rings is 2. The number of ether oxygens (including phenoxy) is 1. The first-order valence-electron chi connectivity index (χ1n) is 10.5. The van der Waals surface area contributed by atoms with E-state index in [1.807, 2.05) is 61.0 Å². The van der Waals surface area contributed by atoms with Gasteiger partial charge in [-0.25, -0.2) is 0 Å². The number of methoxy groups -OCH3 is 1. The summed E-state index contributed by atoms with van der Waals surface area (Å²) >= 11 is 3.13. The fraction of sp³-hybridized carbons (Fsp3) is 0.250. The van der Waals surface area contributed by atoms with Crippen molar-refractivity contribution in [3.05, 3.63) is 67.9 Å². The van der Waals surface area contributed by atoms with E-state index in [-0.39, 0.29) is 5.56 Å². The van der Waals surface area contributed by atoms with Gasteiger partial charge in [0, 0.05) is 30.6 Å². The number of para-hydroxylation sites is 2. The fourth-order valence-corrected chi connectivity index (χ4v) is 6.44. The van der Waals surface area contributed by atoms with Crippen LogP contribution >= 0.6 is 23.1 Å². The Bertz CT molecular complexity index is 1510. The van der Waals surface area contributed by atoms with Crippen molar-refractivity contribution in [3.8, 4) is 5.75 Å². The molecule has 0 aliphatic carbocycles. The van der Waals surface area contributed by atoms with Crippen molar-refractivity contribution in [2.24, 2.45) is 0 Å². The van der Waals surface area contributed by atoms with Gasteiger partial charge in [0.05, 0.1) is 18.9 Å². The van der Waals surface area contributed by atoms with Crippen LogP contribution in [0.3, 0.4) is 0 Å². The van der Waals surface area contributed by atoms with Gasteiger partial charge in [0.2, 0.25) is 5.58 Å². The molecule has 0 radical (unpaired) electrons. The van der Waals surface area contributed by atoms with E-state index in [1.165, 1.54) is 11.3 Å². The second-order valence-electron chi connectivity index (χ2n) is 7.42. The van der Waals surface area contributed by atoms with Gasteiger partial charge in [-0.1, -0.05) is 23.9 Å². The quantitative estimate of drug-likeness (QED) is 0.433. The molecule has 0 amide bonds. The Kier molecular flexibility index (Phi) is 5.35. The van der Waals surface area contributed by atoms with E-state index < -0.39 is 0 Å². The average Bonchev–Trinajstić information content (AvgIpc) is 3.44. The van der Waals surface area contributed by atoms with E-state index in [0.29, 0.717) is 6.54 Å². The minimum Gasteiger partial charge on any atom is -0.497 e. The summed E-state index contributed by atoms with van der Waals surface area (Å²) < 4.78 is 17.1. The third kappa shape index (κ3) is 3.25. The number of thiazole rings is 1. The Labute approximate surface area is 193 Å². The molecular formula is C24H24N3O3S2+. The van der Waals surface area contributed by atoms with Crippen LogP contribution in [-0.2, 0) is 13.1 Å². The van der Waals surface area contributed by atoms with Crippen molar-refractivity contribution < 1.29 is 13.7 Å². The molecule has 2 aromatic heterocycles. The lowest BCUT2D eigenvalue weighted by molar-refractivity contribution is -0.674. The molecule has 1 aliphatic heterocycles. The Morgan fingerprint density at radius 1 is 1.19 bits per heavy atom. The number of nitrogens with zero attached hydrogens (tertiary/aromatic N) is 3. The summed E-state index contributed by atoms with van der Waals surface area (Å²) in [4.78, 5) is 16.6. The summed E-state index contributed by atoms with van der Waals surface area (Å²) in [6.45, 7) is 5.47. The number of fused-ring (bicyclic) bond motifs is 2. The average molecular weight is 467 g/mol. The molecule has 1 aliphatic rings. The monoisotopic (exact) mass is 466 g/mol. The number of anilines is 1. The number of rotatable bonds is 4. The second-order valence-corrected chi connectivity index (χ2v) is 9.48. The Hall–Kier alpha value is -2.97. The van der Waals surface area contributed by atoms with Crippen LogP contribution in [0.25, 0.3) is 22.2 Å². The van der Waals surface area contributed by atoms with Crippen LogP contribution in [0.5, 0.6) is 5.75 Å². The predicted octanol–water partition coefficient (Wildman–Crippen LogP) is 3.13. The van der Waals surface area contributed by atoms with Crippen molar-refractivity contribution in [2.45, 2.75) is 31.8 Å². The molecule has 0 spiro atoms. The topological polar surface area (TPSA) is 51.5 Å². The largest absolute Gasteiger partial charge is 0.497 e. The molecule has 5 rings (SSSR count). The van der Waals surface area contributed by atoms with Gasteiger partial charge in [-0.3, -0.25) is 9.36 Å². The molecule has 0 atom stereocenters. The molecule has 0 fully saturated rings. The third-order valence-electron chi connectivity index (χ3n) is 5.66. The van der Waals surface area contributed by atoms with Gasteiger partial charge in [0.15, 0.2) is 0 Å². The maximum Gasteiger partial charge on any atom is 0.377 e. The fourth-order valence-electron chi connectivity index (χ4n) is 4.01. The van der Waals surface area contributed by atoms with Gasteiger partial charge in [-0.2, -0.15) is 4.57 Å². The van der Waals surface area contributed by atoms with E-state index in [2.05, 4.69) is 22.5 Å². The van der Waals surface area contributed by atoms with Crippen LogP contribution in [0.1, 0.15) is 19.7 Å². The highest BCUT2D eigenvalue weighted by Crippen LogP contribution is 2.46. The molecule has 164 valence electrons. The molecule has 0 N–H and O–H groups in total. The maximum atomic E-state index is 13.4. The van der Waals surface area contributed by atoms with E-state index in [4.69, 9.17) is 9.15 Å². The van der Waals surface area contributed by atoms with E-state index in [9.17, 15) is 4.79 Å². The van der Waals surface area contributed by atoms with Crippen LogP contribution < -0.4 is 29.0 Å². The lowest BCUT2D eigenvalue weighted by Gasteiger charge is -2.13. The van der Waals surface area contributed by atoms with E-state index in [1.54, 1.807) is 18.9 Å². The summed E-state index contributed by atoms with van der Waals surface area (Å²) in [7, 11) is 3.66. The first-order chi connectivity index (χ1) is 15.5. The number of thioether (sulfide) groups is 1. The van der Waals surface area contributed by atoms with Crippen molar-refractivity contribution in [3.63, 3.8) is 0 Å². The third-order valence-corrected chi connectivity index (χ3v) is 8.15. The SMILES string of the molecule is CCn1c(=Cc2oc3ccccc3[n+]2CC)s/c(=C2\Sc3ccc(OC)cc3N2C)c1=O. The van der Waals surface area contributed by atoms with Gasteiger partial charge in [0.1, 0.15) is 26.5 Å². The summed E-state index contributed by atoms with van der Waals surface area (Å²) in [5, 5.41) is 0.943. The zero-order valence-electron chi connectivity index (χ0n) is 18.4. The highest BCUT2D eigenvalue weighted by atomic mass is 32.2. The molecule has 2 aromatic carbocycles. The minimum absolute atomic E-state index is 0.0250. The maximum absolute atomic E-state index is 13.4. The summed E-state index contributed by atoms with van der Waals surface area (Å²) in [5.41, 5.74) is 2.96. The number of aryl methyl sites for hydroxylation is 1. The number of oxazole rings is 1. The predicted molar refractivity (Wildman–Crippen MR) is 130 cm³/mol. The van der Waals surface area contributed by atoms with Crippen molar-refractivity contribution >= 4 is 51.0 Å². The van der Waals surface area contributed by atoms with Gasteiger partial charge in [0.25, 0.3) is 11.1 Å². The number of hydrogen-bond acceptors (Lipinski definition) is 6. The molecule has 4 aromatic rings. The van der Waals surface area contributed by atoms with Crippen molar-refractivity contribution in [1.82, 2.24) is 4.57 Å². The van der Waals surface area contributed by atoms with Crippen LogP contribution in [0.4, 0.5) is 5.69 Å². The van der Waals surface area contributed by atoms with E-state index in [0.717, 1.165) is 54.1 Å². The lowest BCUT2D eigenvalue weighted by atomic mass is 10.3. The number of hydrogen-bond donors (Lipinski definition) is 0. The summed E-state index contributed by atoms with van der Waals surface area (Å²) in [6.07, 6.45) is 1.99.